The van der Waals surface area contributed by atoms with Gasteiger partial charge in [0.25, 0.3) is 0 Å². The molecule has 150 valence electrons. The summed E-state index contributed by atoms with van der Waals surface area (Å²) in [5, 5.41) is 3.33. The van der Waals surface area contributed by atoms with Crippen LogP contribution in [0, 0.1) is 0 Å². The van der Waals surface area contributed by atoms with Crippen molar-refractivity contribution in [1.29, 1.82) is 0 Å². The van der Waals surface area contributed by atoms with Gasteiger partial charge in [-0.2, -0.15) is 18.2 Å². The van der Waals surface area contributed by atoms with Gasteiger partial charge in [-0.15, -0.1) is 0 Å². The highest BCUT2D eigenvalue weighted by atomic mass is 19.4. The van der Waals surface area contributed by atoms with Crippen LogP contribution in [0.25, 0.3) is 11.4 Å². The first-order chi connectivity index (χ1) is 13.0. The van der Waals surface area contributed by atoms with E-state index in [9.17, 15) is 22.8 Å². The summed E-state index contributed by atoms with van der Waals surface area (Å²) >= 11 is 0. The number of alkyl halides is 3. The summed E-state index contributed by atoms with van der Waals surface area (Å²) in [6.45, 7) is 4.19. The number of rotatable bonds is 3. The Morgan fingerprint density at radius 2 is 1.89 bits per heavy atom. The minimum absolute atomic E-state index is 0.175. The lowest BCUT2D eigenvalue weighted by Gasteiger charge is -2.45. The Balaban J connectivity index is 1.72. The van der Waals surface area contributed by atoms with E-state index >= 15 is 0 Å². The van der Waals surface area contributed by atoms with Gasteiger partial charge in [0.1, 0.15) is 5.54 Å². The second-order valence-corrected chi connectivity index (χ2v) is 6.89. The van der Waals surface area contributed by atoms with Crippen molar-refractivity contribution in [2.24, 2.45) is 5.73 Å². The molecule has 2 aromatic rings. The van der Waals surface area contributed by atoms with E-state index < -0.39 is 23.6 Å². The third kappa shape index (κ3) is 3.64. The minimum atomic E-state index is -4.70. The highest BCUT2D eigenvalue weighted by molar-refractivity contribution is 5.91. The van der Waals surface area contributed by atoms with Crippen LogP contribution in [-0.2, 0) is 17.5 Å². The number of nitrogens with two attached hydrogens (primary N) is 1. The molecular weight excluding hydrogens is 379 g/mol. The first-order valence-electron chi connectivity index (χ1n) is 8.37. The summed E-state index contributed by atoms with van der Waals surface area (Å²) < 4.78 is 41.9. The Hall–Kier alpha value is -3.11. The van der Waals surface area contributed by atoms with Crippen molar-refractivity contribution in [3.8, 4) is 11.4 Å². The molecule has 3 rings (SSSR count). The van der Waals surface area contributed by atoms with Gasteiger partial charge in [0.05, 0.1) is 0 Å². The zero-order valence-corrected chi connectivity index (χ0v) is 15.2. The number of aromatic nitrogens is 2. The van der Waals surface area contributed by atoms with Gasteiger partial charge in [-0.05, 0) is 19.4 Å². The molecule has 1 aliphatic heterocycles. The zero-order chi connectivity index (χ0) is 20.7. The molecule has 0 bridgehead atoms. The van der Waals surface area contributed by atoms with Crippen LogP contribution in [0.15, 0.2) is 28.8 Å². The van der Waals surface area contributed by atoms with Crippen molar-refractivity contribution in [3.63, 3.8) is 0 Å². The highest BCUT2D eigenvalue weighted by Gasteiger charge is 2.43. The van der Waals surface area contributed by atoms with E-state index in [1.54, 1.807) is 43.0 Å². The number of hydrogen-bond acceptors (Lipinski definition) is 5. The van der Waals surface area contributed by atoms with Crippen molar-refractivity contribution in [1.82, 2.24) is 19.9 Å². The molecule has 0 spiro atoms. The van der Waals surface area contributed by atoms with Gasteiger partial charge in [-0.25, -0.2) is 4.79 Å². The van der Waals surface area contributed by atoms with Gasteiger partial charge in [-0.3, -0.25) is 4.79 Å². The second-order valence-electron chi connectivity index (χ2n) is 6.89. The zero-order valence-electron chi connectivity index (χ0n) is 15.2. The quantitative estimate of drug-likeness (QED) is 0.855. The van der Waals surface area contributed by atoms with Gasteiger partial charge in [0.2, 0.25) is 11.7 Å². The van der Waals surface area contributed by atoms with Gasteiger partial charge in [-0.1, -0.05) is 29.4 Å². The number of primary amides is 1. The normalized spacial score (nSPS) is 17.1. The van der Waals surface area contributed by atoms with Crippen LogP contribution >= 0.6 is 0 Å². The van der Waals surface area contributed by atoms with Crippen molar-refractivity contribution in [3.05, 3.63) is 35.7 Å². The van der Waals surface area contributed by atoms with Gasteiger partial charge in [0.15, 0.2) is 0 Å². The van der Waals surface area contributed by atoms with Crippen LogP contribution in [0.5, 0.6) is 0 Å². The van der Waals surface area contributed by atoms with Crippen LogP contribution < -0.4 is 5.73 Å². The molecule has 1 fully saturated rings. The van der Waals surface area contributed by atoms with Crippen LogP contribution in [0.1, 0.15) is 25.3 Å². The number of carbonyl (C=O) groups excluding carboxylic acids is 2. The molecule has 2 heterocycles. The monoisotopic (exact) mass is 397 g/mol. The van der Waals surface area contributed by atoms with E-state index in [4.69, 9.17) is 5.73 Å². The Bertz CT molecular complexity index is 892. The summed E-state index contributed by atoms with van der Waals surface area (Å²) in [5.74, 6) is -1.83. The molecule has 11 heteroatoms. The molecule has 28 heavy (non-hydrogen) atoms. The standard InChI is InChI=1S/C17H18F3N5O3/c1-16(2)14(26)24(7-8-25(16)15(21)27)9-10-3-5-11(6-4-10)12-22-13(28-23-12)17(18,19)20/h3-6H,7-9H2,1-2H3,(H2,21,27). The molecule has 1 aromatic heterocycles. The van der Waals surface area contributed by atoms with Crippen molar-refractivity contribution in [2.75, 3.05) is 13.1 Å². The maximum absolute atomic E-state index is 12.7. The topological polar surface area (TPSA) is 106 Å². The van der Waals surface area contributed by atoms with E-state index in [0.717, 1.165) is 5.56 Å². The Morgan fingerprint density at radius 3 is 2.43 bits per heavy atom. The first kappa shape index (κ1) is 19.6. The first-order valence-corrected chi connectivity index (χ1v) is 8.37. The molecule has 1 saturated heterocycles. The SMILES string of the molecule is CC1(C)C(=O)N(Cc2ccc(-c3noc(C(F)(F)F)n3)cc2)CCN1C(N)=O. The van der Waals surface area contributed by atoms with Crippen molar-refractivity contribution >= 4 is 11.9 Å². The number of urea groups is 1. The minimum Gasteiger partial charge on any atom is -0.351 e. The fourth-order valence-corrected chi connectivity index (χ4v) is 3.08. The molecule has 0 atom stereocenters. The summed E-state index contributed by atoms with van der Waals surface area (Å²) in [7, 11) is 0. The summed E-state index contributed by atoms with van der Waals surface area (Å²) in [6, 6.07) is 5.78. The van der Waals surface area contributed by atoms with E-state index in [2.05, 4.69) is 14.7 Å². The molecular formula is C17H18F3N5O3. The van der Waals surface area contributed by atoms with E-state index in [1.165, 1.54) is 4.90 Å². The molecule has 1 aliphatic rings. The van der Waals surface area contributed by atoms with Crippen molar-refractivity contribution in [2.45, 2.75) is 32.1 Å². The molecule has 3 amide bonds. The predicted molar refractivity (Wildman–Crippen MR) is 90.5 cm³/mol. The molecule has 0 radical (unpaired) electrons. The van der Waals surface area contributed by atoms with Gasteiger partial charge >= 0.3 is 18.1 Å². The smallest absolute Gasteiger partial charge is 0.351 e. The Kier molecular flexibility index (Phi) is 4.77. The Morgan fingerprint density at radius 1 is 1.25 bits per heavy atom. The molecule has 0 aliphatic carbocycles. The van der Waals surface area contributed by atoms with Gasteiger partial charge in [0, 0.05) is 25.2 Å². The fourth-order valence-electron chi connectivity index (χ4n) is 3.08. The third-order valence-corrected chi connectivity index (χ3v) is 4.60. The maximum atomic E-state index is 12.7. The maximum Gasteiger partial charge on any atom is 0.471 e. The fraction of sp³-hybridized carbons (Fsp3) is 0.412. The number of carbonyl (C=O) groups is 2. The molecule has 0 saturated carbocycles. The summed E-state index contributed by atoms with van der Waals surface area (Å²) in [4.78, 5) is 30.5. The van der Waals surface area contributed by atoms with Gasteiger partial charge < -0.3 is 20.1 Å². The molecule has 0 unspecified atom stereocenters. The Labute approximate surface area is 158 Å². The third-order valence-electron chi connectivity index (χ3n) is 4.60. The second kappa shape index (κ2) is 6.80. The number of nitrogens with zero attached hydrogens (tertiary/aromatic N) is 4. The van der Waals surface area contributed by atoms with Crippen LogP contribution in [0.4, 0.5) is 18.0 Å². The summed E-state index contributed by atoms with van der Waals surface area (Å²) in [6.07, 6.45) is -4.70. The van der Waals surface area contributed by atoms with Crippen LogP contribution in [-0.4, -0.2) is 50.5 Å². The molecule has 1 aromatic carbocycles. The van der Waals surface area contributed by atoms with Crippen molar-refractivity contribution < 1.29 is 27.3 Å². The highest BCUT2D eigenvalue weighted by Crippen LogP contribution is 2.29. The predicted octanol–water partition coefficient (Wildman–Crippen LogP) is 2.26. The lowest BCUT2D eigenvalue weighted by Crippen LogP contribution is -2.65. The van der Waals surface area contributed by atoms with E-state index in [-0.39, 0.29) is 18.3 Å². The average Bonchev–Trinajstić information content (AvgIpc) is 3.10. The molecule has 8 nitrogen and oxygen atoms in total. The van der Waals surface area contributed by atoms with Crippen LogP contribution in [0.3, 0.4) is 0 Å². The number of amides is 3. The molecule has 2 N–H and O–H groups in total. The van der Waals surface area contributed by atoms with Crippen LogP contribution in [0.2, 0.25) is 0 Å². The summed E-state index contributed by atoms with van der Waals surface area (Å²) in [5.41, 5.74) is 5.40. The number of halogens is 3. The number of hydrogen-bond donors (Lipinski definition) is 1. The number of piperazine rings is 1. The van der Waals surface area contributed by atoms with E-state index in [1.807, 2.05) is 0 Å². The lowest BCUT2D eigenvalue weighted by molar-refractivity contribution is -0.159. The largest absolute Gasteiger partial charge is 0.471 e. The lowest BCUT2D eigenvalue weighted by atomic mass is 9.97. The van der Waals surface area contributed by atoms with E-state index in [0.29, 0.717) is 18.7 Å². The average molecular weight is 397 g/mol. The number of benzene rings is 1.